The summed E-state index contributed by atoms with van der Waals surface area (Å²) in [5.74, 6) is -1.73. The molecule has 0 aliphatic rings. The standard InChI is InChI=1S/C22H25N2O6P/c1-3-29-31(28,30-4-2)15-16-8-10-19(11-9-16)21(25)24-20(22(26)27)13-17-6-5-7-18(12-17)14-23/h5-12,20H,3-4,13,15H2,1-2H3,(H,24,25)(H,26,27)/t20-/m0/s1. The Morgan fingerprint density at radius 1 is 1.10 bits per heavy atom. The molecule has 0 aliphatic heterocycles. The molecular formula is C22H25N2O6P. The van der Waals surface area contributed by atoms with Crippen LogP contribution in [0.3, 0.4) is 0 Å². The van der Waals surface area contributed by atoms with Crippen molar-refractivity contribution in [2.24, 2.45) is 0 Å². The Hall–Kier alpha value is -2.98. The van der Waals surface area contributed by atoms with Gasteiger partial charge >= 0.3 is 13.6 Å². The number of carbonyl (C=O) groups excluding carboxylic acids is 1. The molecule has 0 heterocycles. The number of nitriles is 1. The average molecular weight is 444 g/mol. The molecule has 164 valence electrons. The van der Waals surface area contributed by atoms with Crippen molar-refractivity contribution < 1.29 is 28.3 Å². The lowest BCUT2D eigenvalue weighted by molar-refractivity contribution is -0.139. The Kier molecular flexibility index (Phi) is 8.95. The lowest BCUT2D eigenvalue weighted by Gasteiger charge is -2.17. The van der Waals surface area contributed by atoms with E-state index in [2.05, 4.69) is 5.32 Å². The summed E-state index contributed by atoms with van der Waals surface area (Å²) in [6.45, 7) is 3.97. The molecule has 0 spiro atoms. The summed E-state index contributed by atoms with van der Waals surface area (Å²) in [4.78, 5) is 24.2. The van der Waals surface area contributed by atoms with E-state index in [1.807, 2.05) is 6.07 Å². The van der Waals surface area contributed by atoms with Crippen molar-refractivity contribution in [2.75, 3.05) is 13.2 Å². The molecule has 0 bridgehead atoms. The van der Waals surface area contributed by atoms with Gasteiger partial charge in [0, 0.05) is 12.0 Å². The Morgan fingerprint density at radius 3 is 2.29 bits per heavy atom. The van der Waals surface area contributed by atoms with Crippen LogP contribution < -0.4 is 5.32 Å². The number of carboxylic acids is 1. The predicted octanol–water partition coefficient (Wildman–Crippen LogP) is 3.75. The monoisotopic (exact) mass is 444 g/mol. The molecule has 2 aromatic rings. The van der Waals surface area contributed by atoms with Crippen LogP contribution in [0.5, 0.6) is 0 Å². The second-order valence-corrected chi connectivity index (χ2v) is 8.74. The number of aliphatic carboxylic acids is 1. The molecule has 0 saturated carbocycles. The highest BCUT2D eigenvalue weighted by Crippen LogP contribution is 2.51. The summed E-state index contributed by atoms with van der Waals surface area (Å²) in [7, 11) is -3.26. The van der Waals surface area contributed by atoms with Crippen molar-refractivity contribution in [1.29, 1.82) is 5.26 Å². The predicted molar refractivity (Wildman–Crippen MR) is 115 cm³/mol. The van der Waals surface area contributed by atoms with Crippen LogP contribution in [0, 0.1) is 11.3 Å². The zero-order valence-corrected chi connectivity index (χ0v) is 18.3. The first-order valence-corrected chi connectivity index (χ1v) is 11.5. The minimum Gasteiger partial charge on any atom is -0.480 e. The van der Waals surface area contributed by atoms with Crippen LogP contribution in [0.15, 0.2) is 48.5 Å². The fourth-order valence-corrected chi connectivity index (χ4v) is 4.65. The van der Waals surface area contributed by atoms with E-state index in [1.165, 1.54) is 12.1 Å². The Morgan fingerprint density at radius 2 is 1.74 bits per heavy atom. The molecule has 0 fully saturated rings. The second-order valence-electron chi connectivity index (χ2n) is 6.68. The largest absolute Gasteiger partial charge is 0.480 e. The van der Waals surface area contributed by atoms with Gasteiger partial charge < -0.3 is 19.5 Å². The maximum absolute atomic E-state index is 12.6. The van der Waals surface area contributed by atoms with E-state index in [4.69, 9.17) is 14.3 Å². The molecule has 2 rings (SSSR count). The minimum atomic E-state index is -3.26. The molecule has 2 N–H and O–H groups in total. The first-order chi connectivity index (χ1) is 14.8. The summed E-state index contributed by atoms with van der Waals surface area (Å²) in [6, 6.07) is 13.7. The van der Waals surface area contributed by atoms with Crippen molar-refractivity contribution >= 4 is 19.5 Å². The van der Waals surface area contributed by atoms with Gasteiger partial charge in [-0.05, 0) is 49.2 Å². The normalized spacial score (nSPS) is 12.0. The first-order valence-electron chi connectivity index (χ1n) is 9.80. The third-order valence-electron chi connectivity index (χ3n) is 4.34. The lowest BCUT2D eigenvalue weighted by atomic mass is 10.0. The number of benzene rings is 2. The third kappa shape index (κ3) is 7.34. The summed E-state index contributed by atoms with van der Waals surface area (Å²) >= 11 is 0. The van der Waals surface area contributed by atoms with Gasteiger partial charge in [0.1, 0.15) is 6.04 Å². The SMILES string of the molecule is CCOP(=O)(Cc1ccc(C(=O)N[C@@H](Cc2cccc(C#N)c2)C(=O)O)cc1)OCC. The van der Waals surface area contributed by atoms with E-state index >= 15 is 0 Å². The van der Waals surface area contributed by atoms with Gasteiger partial charge in [-0.2, -0.15) is 5.26 Å². The van der Waals surface area contributed by atoms with Gasteiger partial charge in [-0.1, -0.05) is 24.3 Å². The number of rotatable bonds is 11. The number of hydrogen-bond acceptors (Lipinski definition) is 6. The van der Waals surface area contributed by atoms with Gasteiger partial charge in [-0.15, -0.1) is 0 Å². The Balaban J connectivity index is 2.08. The number of amides is 1. The number of nitrogens with zero attached hydrogens (tertiary/aromatic N) is 1. The van der Waals surface area contributed by atoms with Crippen molar-refractivity contribution in [2.45, 2.75) is 32.5 Å². The van der Waals surface area contributed by atoms with E-state index in [0.717, 1.165) is 0 Å². The van der Waals surface area contributed by atoms with Gasteiger partial charge in [0.2, 0.25) is 0 Å². The van der Waals surface area contributed by atoms with E-state index < -0.39 is 25.5 Å². The zero-order chi connectivity index (χ0) is 22.9. The number of hydrogen-bond donors (Lipinski definition) is 2. The van der Waals surface area contributed by atoms with Gasteiger partial charge in [0.25, 0.3) is 5.91 Å². The van der Waals surface area contributed by atoms with Gasteiger partial charge in [0.05, 0.1) is 31.0 Å². The summed E-state index contributed by atoms with van der Waals surface area (Å²) in [5.41, 5.74) is 1.98. The average Bonchev–Trinajstić information content (AvgIpc) is 2.74. The molecule has 0 aliphatic carbocycles. The van der Waals surface area contributed by atoms with Crippen LogP contribution in [0.2, 0.25) is 0 Å². The van der Waals surface area contributed by atoms with Crippen molar-refractivity contribution in [3.05, 3.63) is 70.8 Å². The van der Waals surface area contributed by atoms with E-state index in [1.54, 1.807) is 50.2 Å². The maximum Gasteiger partial charge on any atom is 0.335 e. The van der Waals surface area contributed by atoms with E-state index in [0.29, 0.717) is 16.7 Å². The lowest BCUT2D eigenvalue weighted by Crippen LogP contribution is -2.42. The molecule has 31 heavy (non-hydrogen) atoms. The molecule has 1 atom stereocenters. The fourth-order valence-electron chi connectivity index (χ4n) is 2.95. The molecule has 1 amide bonds. The van der Waals surface area contributed by atoms with Gasteiger partial charge in [-0.3, -0.25) is 9.36 Å². The van der Waals surface area contributed by atoms with Crippen molar-refractivity contribution in [1.82, 2.24) is 5.32 Å². The van der Waals surface area contributed by atoms with Gasteiger partial charge in [0.15, 0.2) is 0 Å². The quantitative estimate of drug-likeness (QED) is 0.506. The maximum atomic E-state index is 12.6. The molecule has 0 aromatic heterocycles. The Labute approximate surface area is 181 Å². The summed E-state index contributed by atoms with van der Waals surface area (Å²) < 4.78 is 23.2. The molecule has 0 radical (unpaired) electrons. The summed E-state index contributed by atoms with van der Waals surface area (Å²) in [5, 5.41) is 21.0. The highest BCUT2D eigenvalue weighted by molar-refractivity contribution is 7.53. The van der Waals surface area contributed by atoms with E-state index in [9.17, 15) is 19.3 Å². The molecular weight excluding hydrogens is 419 g/mol. The summed E-state index contributed by atoms with van der Waals surface area (Å²) in [6.07, 6.45) is 0.115. The van der Waals surface area contributed by atoms with Gasteiger partial charge in [-0.25, -0.2) is 4.79 Å². The smallest absolute Gasteiger partial charge is 0.335 e. The van der Waals surface area contributed by atoms with Crippen LogP contribution >= 0.6 is 7.60 Å². The highest BCUT2D eigenvalue weighted by atomic mass is 31.2. The van der Waals surface area contributed by atoms with Crippen LogP contribution in [0.4, 0.5) is 0 Å². The Bertz CT molecular complexity index is 990. The van der Waals surface area contributed by atoms with Crippen LogP contribution in [-0.2, 0) is 31.0 Å². The topological polar surface area (TPSA) is 126 Å². The van der Waals surface area contributed by atoms with E-state index in [-0.39, 0.29) is 31.4 Å². The third-order valence-corrected chi connectivity index (χ3v) is 6.40. The molecule has 8 nitrogen and oxygen atoms in total. The number of carbonyl (C=O) groups is 2. The minimum absolute atomic E-state index is 0.0422. The number of nitrogens with one attached hydrogen (secondary N) is 1. The van der Waals surface area contributed by atoms with Crippen molar-refractivity contribution in [3.63, 3.8) is 0 Å². The highest BCUT2D eigenvalue weighted by Gasteiger charge is 2.25. The molecule has 9 heteroatoms. The first kappa shape index (κ1) is 24.3. The fraction of sp³-hybridized carbons (Fsp3) is 0.318. The van der Waals surface area contributed by atoms with Crippen LogP contribution in [0.1, 0.15) is 40.9 Å². The number of carboxylic acid groups (broad SMARTS) is 1. The van der Waals surface area contributed by atoms with Crippen molar-refractivity contribution in [3.8, 4) is 6.07 Å². The van der Waals surface area contributed by atoms with Crippen LogP contribution in [0.25, 0.3) is 0 Å². The molecule has 2 aromatic carbocycles. The second kappa shape index (κ2) is 11.4. The molecule has 0 saturated heterocycles. The molecule has 0 unspecified atom stereocenters. The van der Waals surface area contributed by atoms with Crippen LogP contribution in [-0.4, -0.2) is 36.2 Å². The zero-order valence-electron chi connectivity index (χ0n) is 17.4.